The number of halogens is 2. The number of hydrogen-bond acceptors (Lipinski definition) is 2. The predicted octanol–water partition coefficient (Wildman–Crippen LogP) is 2.96. The molecule has 0 aromatic heterocycles. The zero-order chi connectivity index (χ0) is 14.2. The molecule has 1 N–H and O–H groups in total. The van der Waals surface area contributed by atoms with E-state index < -0.39 is 17.5 Å². The van der Waals surface area contributed by atoms with Crippen LogP contribution in [0.5, 0.6) is 0 Å². The maximum atomic E-state index is 13.8. The van der Waals surface area contributed by atoms with Crippen LogP contribution in [-0.2, 0) is 0 Å². The van der Waals surface area contributed by atoms with Gasteiger partial charge in [0.25, 0.3) is 5.91 Å². The topological polar surface area (TPSA) is 40.5 Å². The van der Waals surface area contributed by atoms with Crippen molar-refractivity contribution in [2.45, 2.75) is 38.3 Å². The molecule has 1 fully saturated rings. The Kier molecular flexibility index (Phi) is 3.97. The van der Waals surface area contributed by atoms with Gasteiger partial charge in [0.2, 0.25) is 0 Å². The number of aliphatic hydroxyl groups excluding tert-OH is 1. The molecule has 2 rings (SSSR count). The highest BCUT2D eigenvalue weighted by Gasteiger charge is 2.40. The number of carbonyl (C=O) groups is 1. The van der Waals surface area contributed by atoms with Gasteiger partial charge < -0.3 is 10.0 Å². The summed E-state index contributed by atoms with van der Waals surface area (Å²) in [6.45, 7) is 4.16. The molecule has 1 saturated heterocycles. The summed E-state index contributed by atoms with van der Waals surface area (Å²) >= 11 is 3.24. The van der Waals surface area contributed by atoms with Crippen molar-refractivity contribution in [3.05, 3.63) is 34.1 Å². The molecular formula is C14H17BrFNO2. The monoisotopic (exact) mass is 329 g/mol. The van der Waals surface area contributed by atoms with E-state index in [0.717, 1.165) is 6.42 Å². The van der Waals surface area contributed by atoms with E-state index in [4.69, 9.17) is 0 Å². The lowest BCUT2D eigenvalue weighted by atomic mass is 9.86. The van der Waals surface area contributed by atoms with Crippen LogP contribution in [0, 0.1) is 5.82 Å². The van der Waals surface area contributed by atoms with Crippen LogP contribution in [0.2, 0.25) is 0 Å². The standard InChI is InChI=1S/C14H17BrFNO2/c1-14(2)12(18)4-3-7-17(14)13(19)10-8-9(15)5-6-11(10)16/h5-6,8,12,18H,3-4,7H2,1-2H3. The van der Waals surface area contributed by atoms with Crippen LogP contribution in [0.4, 0.5) is 4.39 Å². The van der Waals surface area contributed by atoms with Gasteiger partial charge in [-0.2, -0.15) is 0 Å². The molecule has 1 heterocycles. The molecule has 19 heavy (non-hydrogen) atoms. The molecular weight excluding hydrogens is 313 g/mol. The number of aliphatic hydroxyl groups is 1. The first-order valence-electron chi connectivity index (χ1n) is 6.29. The second-order valence-corrected chi connectivity index (χ2v) is 6.31. The summed E-state index contributed by atoms with van der Waals surface area (Å²) in [5.74, 6) is -0.911. The third kappa shape index (κ3) is 2.67. The number of hydrogen-bond donors (Lipinski definition) is 1. The molecule has 1 aliphatic heterocycles. The molecule has 0 bridgehead atoms. The molecule has 1 aliphatic rings. The summed E-state index contributed by atoms with van der Waals surface area (Å²) < 4.78 is 14.5. The third-order valence-corrected chi connectivity index (χ3v) is 4.27. The van der Waals surface area contributed by atoms with Crippen molar-refractivity contribution >= 4 is 21.8 Å². The maximum Gasteiger partial charge on any atom is 0.257 e. The lowest BCUT2D eigenvalue weighted by Gasteiger charge is -2.45. The molecule has 3 nitrogen and oxygen atoms in total. The average Bonchev–Trinajstić information content (AvgIpc) is 2.35. The molecule has 1 aromatic carbocycles. The largest absolute Gasteiger partial charge is 0.391 e. The zero-order valence-corrected chi connectivity index (χ0v) is 12.6. The third-order valence-electron chi connectivity index (χ3n) is 3.77. The smallest absolute Gasteiger partial charge is 0.257 e. The van der Waals surface area contributed by atoms with E-state index in [1.807, 2.05) is 13.8 Å². The molecule has 104 valence electrons. The number of rotatable bonds is 1. The van der Waals surface area contributed by atoms with Crippen molar-refractivity contribution in [1.29, 1.82) is 0 Å². The van der Waals surface area contributed by atoms with E-state index in [0.29, 0.717) is 17.4 Å². The molecule has 1 atom stereocenters. The lowest BCUT2D eigenvalue weighted by molar-refractivity contribution is -0.0309. The molecule has 1 aromatic rings. The van der Waals surface area contributed by atoms with E-state index in [-0.39, 0.29) is 11.5 Å². The van der Waals surface area contributed by atoms with Gasteiger partial charge in [0, 0.05) is 11.0 Å². The molecule has 5 heteroatoms. The second kappa shape index (κ2) is 5.21. The van der Waals surface area contributed by atoms with Crippen LogP contribution in [-0.4, -0.2) is 34.1 Å². The van der Waals surface area contributed by atoms with Crippen LogP contribution in [0.25, 0.3) is 0 Å². The fraction of sp³-hybridized carbons (Fsp3) is 0.500. The first-order valence-corrected chi connectivity index (χ1v) is 7.08. The summed E-state index contributed by atoms with van der Waals surface area (Å²) in [6.07, 6.45) is 0.810. The fourth-order valence-corrected chi connectivity index (χ4v) is 2.80. The molecule has 1 unspecified atom stereocenters. The molecule has 1 amide bonds. The van der Waals surface area contributed by atoms with Gasteiger partial charge in [-0.25, -0.2) is 4.39 Å². The maximum absolute atomic E-state index is 13.8. The Bertz CT molecular complexity index is 504. The number of benzene rings is 1. The van der Waals surface area contributed by atoms with Crippen molar-refractivity contribution in [2.24, 2.45) is 0 Å². The van der Waals surface area contributed by atoms with Crippen molar-refractivity contribution in [1.82, 2.24) is 4.90 Å². The number of amides is 1. The van der Waals surface area contributed by atoms with Gasteiger partial charge in [-0.1, -0.05) is 15.9 Å². The average molecular weight is 330 g/mol. The number of piperidine rings is 1. The summed E-state index contributed by atoms with van der Waals surface area (Å²) in [7, 11) is 0. The van der Waals surface area contributed by atoms with Gasteiger partial charge in [0.15, 0.2) is 0 Å². The van der Waals surface area contributed by atoms with Crippen molar-refractivity contribution in [3.63, 3.8) is 0 Å². The fourth-order valence-electron chi connectivity index (χ4n) is 2.43. The van der Waals surface area contributed by atoms with Crippen molar-refractivity contribution in [3.8, 4) is 0 Å². The summed E-state index contributed by atoms with van der Waals surface area (Å²) in [6, 6.07) is 4.31. The predicted molar refractivity (Wildman–Crippen MR) is 74.5 cm³/mol. The van der Waals surface area contributed by atoms with Crippen LogP contribution >= 0.6 is 15.9 Å². The highest BCUT2D eigenvalue weighted by molar-refractivity contribution is 9.10. The Hall–Kier alpha value is -0.940. The van der Waals surface area contributed by atoms with Gasteiger partial charge in [0.1, 0.15) is 5.82 Å². The van der Waals surface area contributed by atoms with Crippen LogP contribution in [0.3, 0.4) is 0 Å². The number of nitrogens with zero attached hydrogens (tertiary/aromatic N) is 1. The minimum atomic E-state index is -0.676. The Labute approximate surface area is 120 Å². The molecule has 0 saturated carbocycles. The summed E-state index contributed by atoms with van der Waals surface area (Å²) in [4.78, 5) is 14.0. The van der Waals surface area contributed by atoms with Gasteiger partial charge in [-0.3, -0.25) is 4.79 Å². The molecule has 0 aliphatic carbocycles. The Morgan fingerprint density at radius 2 is 2.21 bits per heavy atom. The van der Waals surface area contributed by atoms with Crippen LogP contribution < -0.4 is 0 Å². The minimum absolute atomic E-state index is 0.0385. The second-order valence-electron chi connectivity index (χ2n) is 5.39. The number of likely N-dealkylation sites (tertiary alicyclic amines) is 1. The highest BCUT2D eigenvalue weighted by Crippen LogP contribution is 2.30. The van der Waals surface area contributed by atoms with Gasteiger partial charge in [-0.05, 0) is 44.9 Å². The first-order chi connectivity index (χ1) is 8.84. The Morgan fingerprint density at radius 1 is 1.53 bits per heavy atom. The van der Waals surface area contributed by atoms with Crippen molar-refractivity contribution < 1.29 is 14.3 Å². The Balaban J connectivity index is 2.35. The van der Waals surface area contributed by atoms with Crippen LogP contribution in [0.1, 0.15) is 37.0 Å². The van der Waals surface area contributed by atoms with Gasteiger partial charge in [0.05, 0.1) is 17.2 Å². The van der Waals surface area contributed by atoms with E-state index in [1.165, 1.54) is 12.1 Å². The van der Waals surface area contributed by atoms with Crippen LogP contribution in [0.15, 0.2) is 22.7 Å². The first kappa shape index (κ1) is 14.5. The lowest BCUT2D eigenvalue weighted by Crippen LogP contribution is -2.58. The Morgan fingerprint density at radius 3 is 2.89 bits per heavy atom. The molecule has 0 spiro atoms. The SMILES string of the molecule is CC1(C)C(O)CCCN1C(=O)c1cc(Br)ccc1F. The highest BCUT2D eigenvalue weighted by atomic mass is 79.9. The van der Waals surface area contributed by atoms with Crippen molar-refractivity contribution in [2.75, 3.05) is 6.54 Å². The summed E-state index contributed by atoms with van der Waals surface area (Å²) in [5.41, 5.74) is -0.638. The van der Waals surface area contributed by atoms with E-state index in [2.05, 4.69) is 15.9 Å². The number of carbonyl (C=O) groups excluding carboxylic acids is 1. The van der Waals surface area contributed by atoms with Gasteiger partial charge in [-0.15, -0.1) is 0 Å². The van der Waals surface area contributed by atoms with E-state index in [1.54, 1.807) is 11.0 Å². The summed E-state index contributed by atoms with van der Waals surface area (Å²) in [5, 5.41) is 10.0. The normalized spacial score (nSPS) is 22.4. The van der Waals surface area contributed by atoms with E-state index in [9.17, 15) is 14.3 Å². The molecule has 0 radical (unpaired) electrons. The minimum Gasteiger partial charge on any atom is -0.391 e. The quantitative estimate of drug-likeness (QED) is 0.860. The van der Waals surface area contributed by atoms with E-state index >= 15 is 0 Å². The zero-order valence-electron chi connectivity index (χ0n) is 11.0. The van der Waals surface area contributed by atoms with Gasteiger partial charge >= 0.3 is 0 Å².